The van der Waals surface area contributed by atoms with Gasteiger partial charge in [0.1, 0.15) is 28.9 Å². The van der Waals surface area contributed by atoms with E-state index in [1.807, 2.05) is 22.8 Å². The normalized spacial score (nSPS) is 15.3. The van der Waals surface area contributed by atoms with Crippen molar-refractivity contribution < 1.29 is 22.1 Å². The van der Waals surface area contributed by atoms with Crippen molar-refractivity contribution in [3.05, 3.63) is 72.3 Å². The number of benzene rings is 2. The highest BCUT2D eigenvalue weighted by molar-refractivity contribution is 7.82. The Morgan fingerprint density at radius 3 is 2.40 bits per heavy atom. The Labute approximate surface area is 174 Å². The molecule has 0 N–H and O–H groups in total. The van der Waals surface area contributed by atoms with E-state index >= 15 is 0 Å². The van der Waals surface area contributed by atoms with Crippen LogP contribution in [0.3, 0.4) is 0 Å². The molecule has 0 bridgehead atoms. The molecular weight excluding hydrogens is 417 g/mol. The summed E-state index contributed by atoms with van der Waals surface area (Å²) in [7, 11) is -1.79. The van der Waals surface area contributed by atoms with E-state index in [1.54, 1.807) is 10.6 Å². The summed E-state index contributed by atoms with van der Waals surface area (Å²) in [6, 6.07) is 15.7. The van der Waals surface area contributed by atoms with Gasteiger partial charge in [0.2, 0.25) is 0 Å². The van der Waals surface area contributed by atoms with Crippen molar-refractivity contribution in [2.75, 3.05) is 6.54 Å². The molecule has 0 fully saturated rings. The Bertz CT molecular complexity index is 979. The van der Waals surface area contributed by atoms with Crippen LogP contribution in [0.1, 0.15) is 17.8 Å². The first kappa shape index (κ1) is 22.0. The maximum Gasteiger partial charge on any atom is 0.573 e. The van der Waals surface area contributed by atoms with E-state index in [9.17, 15) is 17.4 Å². The third-order valence-electron chi connectivity index (χ3n) is 4.26. The van der Waals surface area contributed by atoms with Crippen molar-refractivity contribution in [1.82, 2.24) is 19.1 Å². The van der Waals surface area contributed by atoms with Crippen molar-refractivity contribution in [3.63, 3.8) is 0 Å². The molecule has 0 saturated heterocycles. The highest BCUT2D eigenvalue weighted by Crippen LogP contribution is 2.30. The standard InChI is InChI=1S/C13H13F3N4O2S.C7H8/c14-13(15,16)22-10-4-1-2-5-11(10)23(21)20-7-3-6-19-9-17-18-12(19)8-20;1-7-5-3-2-4-6-7/h1-2,4-5,9H,3,6-8H2;2-6H,1H3. The lowest BCUT2D eigenvalue weighted by molar-refractivity contribution is -0.275. The average Bonchev–Trinajstić information content (AvgIpc) is 3.04. The van der Waals surface area contributed by atoms with Crippen molar-refractivity contribution in [2.45, 2.75) is 37.7 Å². The number of hydrogen-bond acceptors (Lipinski definition) is 4. The lowest BCUT2D eigenvalue weighted by atomic mass is 10.2. The molecule has 160 valence electrons. The molecule has 1 unspecified atom stereocenters. The molecule has 1 aliphatic heterocycles. The number of halogens is 3. The number of nitrogens with zero attached hydrogens (tertiary/aromatic N) is 4. The van der Waals surface area contributed by atoms with Gasteiger partial charge in [-0.05, 0) is 25.5 Å². The summed E-state index contributed by atoms with van der Waals surface area (Å²) in [5.41, 5.74) is 1.32. The Kier molecular flexibility index (Phi) is 7.22. The minimum Gasteiger partial charge on any atom is -0.404 e. The maximum atomic E-state index is 12.7. The zero-order chi connectivity index (χ0) is 21.6. The van der Waals surface area contributed by atoms with E-state index in [2.05, 4.69) is 34.0 Å². The number of fused-ring (bicyclic) bond motifs is 1. The fourth-order valence-electron chi connectivity index (χ4n) is 2.86. The van der Waals surface area contributed by atoms with Crippen LogP contribution in [0.25, 0.3) is 0 Å². The van der Waals surface area contributed by atoms with Crippen LogP contribution >= 0.6 is 0 Å². The molecule has 0 saturated carbocycles. The molecule has 3 aromatic rings. The fraction of sp³-hybridized carbons (Fsp3) is 0.300. The second-order valence-electron chi connectivity index (χ2n) is 6.56. The summed E-state index contributed by atoms with van der Waals surface area (Å²) >= 11 is 0. The predicted octanol–water partition coefficient (Wildman–Crippen LogP) is 4.10. The SMILES string of the molecule is Cc1ccccc1.O=S(c1ccccc1OC(F)(F)F)N1CCCn2cnnc2C1. The number of para-hydroxylation sites is 1. The van der Waals surface area contributed by atoms with Crippen LogP contribution in [0.15, 0.2) is 65.8 Å². The minimum absolute atomic E-state index is 0.0159. The van der Waals surface area contributed by atoms with Gasteiger partial charge in [0, 0.05) is 13.1 Å². The van der Waals surface area contributed by atoms with Crippen molar-refractivity contribution in [3.8, 4) is 5.75 Å². The number of aromatic nitrogens is 3. The largest absolute Gasteiger partial charge is 0.573 e. The lowest BCUT2D eigenvalue weighted by Gasteiger charge is -2.20. The Morgan fingerprint density at radius 1 is 1.03 bits per heavy atom. The van der Waals surface area contributed by atoms with Crippen LogP contribution in [0, 0.1) is 6.92 Å². The number of rotatable bonds is 3. The van der Waals surface area contributed by atoms with Gasteiger partial charge in [0.25, 0.3) is 0 Å². The quantitative estimate of drug-likeness (QED) is 0.618. The molecule has 2 heterocycles. The molecule has 1 aliphatic rings. The van der Waals surface area contributed by atoms with Crippen LogP contribution in [0.2, 0.25) is 0 Å². The molecule has 0 radical (unpaired) electrons. The summed E-state index contributed by atoms with van der Waals surface area (Å²) in [4.78, 5) is -0.0159. The van der Waals surface area contributed by atoms with E-state index in [-0.39, 0.29) is 11.4 Å². The third-order valence-corrected chi connectivity index (χ3v) is 5.75. The van der Waals surface area contributed by atoms with Gasteiger partial charge in [-0.15, -0.1) is 23.4 Å². The first-order valence-electron chi connectivity index (χ1n) is 9.23. The van der Waals surface area contributed by atoms with Crippen molar-refractivity contribution in [2.24, 2.45) is 0 Å². The molecule has 4 rings (SSSR count). The highest BCUT2D eigenvalue weighted by atomic mass is 32.2. The molecule has 2 aromatic carbocycles. The summed E-state index contributed by atoms with van der Waals surface area (Å²) in [6.45, 7) is 3.47. The molecule has 1 atom stereocenters. The van der Waals surface area contributed by atoms with E-state index in [4.69, 9.17) is 0 Å². The first-order valence-corrected chi connectivity index (χ1v) is 10.3. The van der Waals surface area contributed by atoms with Gasteiger partial charge < -0.3 is 9.30 Å². The second-order valence-corrected chi connectivity index (χ2v) is 8.01. The smallest absolute Gasteiger partial charge is 0.404 e. The number of ether oxygens (including phenoxy) is 1. The Balaban J connectivity index is 0.000000310. The van der Waals surface area contributed by atoms with Gasteiger partial charge in [-0.1, -0.05) is 48.0 Å². The van der Waals surface area contributed by atoms with Gasteiger partial charge in [0.15, 0.2) is 0 Å². The van der Waals surface area contributed by atoms with Crippen molar-refractivity contribution in [1.29, 1.82) is 0 Å². The number of aryl methyl sites for hydroxylation is 2. The minimum atomic E-state index is -4.83. The summed E-state index contributed by atoms with van der Waals surface area (Å²) in [5, 5.41) is 7.74. The molecule has 0 aliphatic carbocycles. The zero-order valence-electron chi connectivity index (χ0n) is 16.2. The Hall–Kier alpha value is -2.72. The van der Waals surface area contributed by atoms with Gasteiger partial charge in [0.05, 0.1) is 11.4 Å². The molecule has 0 spiro atoms. The highest BCUT2D eigenvalue weighted by Gasteiger charge is 2.33. The van der Waals surface area contributed by atoms with Gasteiger partial charge in [-0.25, -0.2) is 8.51 Å². The van der Waals surface area contributed by atoms with Crippen LogP contribution in [-0.2, 0) is 24.1 Å². The van der Waals surface area contributed by atoms with E-state index in [1.165, 1.54) is 23.8 Å². The predicted molar refractivity (Wildman–Crippen MR) is 106 cm³/mol. The number of hydrogen-bond donors (Lipinski definition) is 0. The molecule has 6 nitrogen and oxygen atoms in total. The lowest BCUT2D eigenvalue weighted by Crippen LogP contribution is -2.27. The molecule has 0 amide bonds. The number of alkyl halides is 3. The fourth-order valence-corrected chi connectivity index (χ4v) is 4.14. The second kappa shape index (κ2) is 9.86. The third kappa shape index (κ3) is 6.14. The summed E-state index contributed by atoms with van der Waals surface area (Å²) in [5.74, 6) is 0.175. The monoisotopic (exact) mass is 438 g/mol. The molecule has 10 heteroatoms. The van der Waals surface area contributed by atoms with Crippen LogP contribution in [-0.4, -0.2) is 36.2 Å². The van der Waals surface area contributed by atoms with E-state index in [0.717, 1.165) is 6.07 Å². The molecule has 1 aromatic heterocycles. The van der Waals surface area contributed by atoms with Gasteiger partial charge >= 0.3 is 6.36 Å². The van der Waals surface area contributed by atoms with Gasteiger partial charge in [-0.3, -0.25) is 0 Å². The van der Waals surface area contributed by atoms with Crippen LogP contribution < -0.4 is 4.74 Å². The maximum absolute atomic E-state index is 12.7. The van der Waals surface area contributed by atoms with Crippen LogP contribution in [0.4, 0.5) is 13.2 Å². The summed E-state index contributed by atoms with van der Waals surface area (Å²) in [6.07, 6.45) is -2.55. The van der Waals surface area contributed by atoms with Gasteiger partial charge in [-0.2, -0.15) is 0 Å². The Morgan fingerprint density at radius 2 is 1.73 bits per heavy atom. The van der Waals surface area contributed by atoms with E-state index < -0.39 is 23.1 Å². The molecular formula is C20H21F3N4O2S. The van der Waals surface area contributed by atoms with E-state index in [0.29, 0.717) is 25.3 Å². The first-order chi connectivity index (χ1) is 14.3. The average molecular weight is 438 g/mol. The van der Waals surface area contributed by atoms with Crippen LogP contribution in [0.5, 0.6) is 5.75 Å². The zero-order valence-corrected chi connectivity index (χ0v) is 17.1. The summed E-state index contributed by atoms with van der Waals surface area (Å²) < 4.78 is 57.6. The topological polar surface area (TPSA) is 60.2 Å². The molecule has 30 heavy (non-hydrogen) atoms. The van der Waals surface area contributed by atoms with Crippen molar-refractivity contribution >= 4 is 11.0 Å².